The molecule has 1 unspecified atom stereocenters. The van der Waals surface area contributed by atoms with Gasteiger partial charge in [-0.1, -0.05) is 0 Å². The van der Waals surface area contributed by atoms with Crippen molar-refractivity contribution < 1.29 is 13.2 Å². The molecule has 1 amide bonds. The van der Waals surface area contributed by atoms with E-state index in [0.717, 1.165) is 25.9 Å². The van der Waals surface area contributed by atoms with Crippen LogP contribution >= 0.6 is 0 Å². The topological polar surface area (TPSA) is 105 Å². The summed E-state index contributed by atoms with van der Waals surface area (Å²) in [4.78, 5) is 15.8. The third kappa shape index (κ3) is 5.29. The number of carbonyl (C=O) groups excluding carboxylic acids is 1. The van der Waals surface area contributed by atoms with Gasteiger partial charge in [0.1, 0.15) is 5.82 Å². The van der Waals surface area contributed by atoms with E-state index in [0.29, 0.717) is 18.3 Å². The number of aryl methyl sites for hydroxylation is 2. The minimum atomic E-state index is -3.66. The first-order valence-electron chi connectivity index (χ1n) is 7.85. The fourth-order valence-electron chi connectivity index (χ4n) is 2.47. The first-order chi connectivity index (χ1) is 10.9. The predicted molar refractivity (Wildman–Crippen MR) is 86.4 cm³/mol. The molecule has 8 nitrogen and oxygen atoms in total. The van der Waals surface area contributed by atoms with E-state index in [-0.39, 0.29) is 23.9 Å². The second-order valence-corrected chi connectivity index (χ2v) is 7.62. The van der Waals surface area contributed by atoms with Crippen molar-refractivity contribution in [2.45, 2.75) is 31.2 Å². The number of carbonyl (C=O) groups is 1. The predicted octanol–water partition coefficient (Wildman–Crippen LogP) is -0.487. The zero-order valence-electron chi connectivity index (χ0n) is 13.6. The van der Waals surface area contributed by atoms with Crippen LogP contribution < -0.4 is 15.4 Å². The molecule has 0 saturated carbocycles. The van der Waals surface area contributed by atoms with Gasteiger partial charge in [-0.25, -0.2) is 18.1 Å². The first kappa shape index (κ1) is 17.9. The van der Waals surface area contributed by atoms with Gasteiger partial charge in [-0.3, -0.25) is 4.79 Å². The molecule has 0 spiro atoms. The number of aromatic nitrogens is 2. The van der Waals surface area contributed by atoms with Crippen LogP contribution in [-0.2, 0) is 21.9 Å². The highest BCUT2D eigenvalue weighted by molar-refractivity contribution is 7.89. The minimum absolute atomic E-state index is 0.0220. The quantitative estimate of drug-likeness (QED) is 0.620. The molecule has 0 aliphatic carbocycles. The normalized spacial score (nSPS) is 18.8. The molecule has 2 heterocycles. The summed E-state index contributed by atoms with van der Waals surface area (Å²) < 4.78 is 28.2. The van der Waals surface area contributed by atoms with E-state index in [1.807, 2.05) is 0 Å². The van der Waals surface area contributed by atoms with Crippen molar-refractivity contribution in [1.29, 1.82) is 0 Å². The van der Waals surface area contributed by atoms with Gasteiger partial charge in [-0.2, -0.15) is 0 Å². The Bertz CT molecular complexity index is 615. The summed E-state index contributed by atoms with van der Waals surface area (Å²) in [5, 5.41) is 6.13. The van der Waals surface area contributed by atoms with E-state index in [9.17, 15) is 13.2 Å². The summed E-state index contributed by atoms with van der Waals surface area (Å²) in [6, 6.07) is 0. The fraction of sp³-hybridized carbons (Fsp3) is 0.714. The molecule has 0 aromatic carbocycles. The molecule has 23 heavy (non-hydrogen) atoms. The summed E-state index contributed by atoms with van der Waals surface area (Å²) in [6.45, 7) is 4.39. The first-order valence-corrected chi connectivity index (χ1v) is 9.34. The van der Waals surface area contributed by atoms with Gasteiger partial charge in [0.25, 0.3) is 10.0 Å². The number of imidazole rings is 1. The van der Waals surface area contributed by atoms with Gasteiger partial charge in [0.05, 0.1) is 0 Å². The molecular formula is C14H25N5O3S. The van der Waals surface area contributed by atoms with Gasteiger partial charge in [-0.05, 0) is 38.8 Å². The van der Waals surface area contributed by atoms with Crippen molar-refractivity contribution in [3.63, 3.8) is 0 Å². The zero-order chi connectivity index (χ0) is 16.9. The fourth-order valence-corrected chi connectivity index (χ4v) is 3.54. The van der Waals surface area contributed by atoms with Crippen LogP contribution in [0.4, 0.5) is 0 Å². The van der Waals surface area contributed by atoms with Crippen LogP contribution in [0, 0.1) is 12.8 Å². The van der Waals surface area contributed by atoms with E-state index >= 15 is 0 Å². The molecule has 2 rings (SSSR count). The molecule has 1 atom stereocenters. The SMILES string of the molecule is Cc1nc(S(=O)(=O)NCCC(=O)NCC2CCCNC2)cn1C. The van der Waals surface area contributed by atoms with E-state index in [1.165, 1.54) is 6.20 Å². The Labute approximate surface area is 137 Å². The lowest BCUT2D eigenvalue weighted by atomic mass is 10.00. The van der Waals surface area contributed by atoms with Crippen molar-refractivity contribution in [2.75, 3.05) is 26.2 Å². The maximum absolute atomic E-state index is 12.1. The molecule has 130 valence electrons. The number of piperidine rings is 1. The Balaban J connectivity index is 1.72. The van der Waals surface area contributed by atoms with Gasteiger partial charge in [0, 0.05) is 32.8 Å². The minimum Gasteiger partial charge on any atom is -0.356 e. The van der Waals surface area contributed by atoms with Gasteiger partial charge < -0.3 is 15.2 Å². The second kappa shape index (κ2) is 7.89. The van der Waals surface area contributed by atoms with Crippen molar-refractivity contribution in [3.05, 3.63) is 12.0 Å². The van der Waals surface area contributed by atoms with Crippen LogP contribution in [0.1, 0.15) is 25.1 Å². The molecular weight excluding hydrogens is 318 g/mol. The van der Waals surface area contributed by atoms with Gasteiger partial charge in [-0.15, -0.1) is 0 Å². The second-order valence-electron chi connectivity index (χ2n) is 5.90. The number of hydrogen-bond acceptors (Lipinski definition) is 5. The van der Waals surface area contributed by atoms with E-state index in [2.05, 4.69) is 20.3 Å². The van der Waals surface area contributed by atoms with Crippen LogP contribution in [0.2, 0.25) is 0 Å². The molecule has 1 aliphatic rings. The van der Waals surface area contributed by atoms with Crippen LogP contribution in [0.25, 0.3) is 0 Å². The van der Waals surface area contributed by atoms with Crippen LogP contribution in [0.5, 0.6) is 0 Å². The van der Waals surface area contributed by atoms with Crippen LogP contribution in [0.3, 0.4) is 0 Å². The maximum Gasteiger partial charge on any atom is 0.259 e. The Morgan fingerprint density at radius 3 is 2.91 bits per heavy atom. The average molecular weight is 343 g/mol. The Morgan fingerprint density at radius 1 is 1.52 bits per heavy atom. The summed E-state index contributed by atoms with van der Waals surface area (Å²) in [7, 11) is -1.93. The number of rotatable bonds is 7. The molecule has 1 saturated heterocycles. The third-order valence-corrected chi connectivity index (χ3v) is 5.32. The summed E-state index contributed by atoms with van der Waals surface area (Å²) in [6.07, 6.45) is 3.81. The number of nitrogens with one attached hydrogen (secondary N) is 3. The monoisotopic (exact) mass is 343 g/mol. The van der Waals surface area contributed by atoms with E-state index in [1.54, 1.807) is 18.5 Å². The highest BCUT2D eigenvalue weighted by Gasteiger charge is 2.19. The average Bonchev–Trinajstić information content (AvgIpc) is 2.86. The number of amides is 1. The number of sulfonamides is 1. The summed E-state index contributed by atoms with van der Waals surface area (Å²) in [5.41, 5.74) is 0. The Kier molecular flexibility index (Phi) is 6.14. The molecule has 1 aromatic rings. The van der Waals surface area contributed by atoms with Crippen molar-refractivity contribution >= 4 is 15.9 Å². The van der Waals surface area contributed by atoms with E-state index < -0.39 is 10.0 Å². The lowest BCUT2D eigenvalue weighted by Gasteiger charge is -2.22. The van der Waals surface area contributed by atoms with Crippen molar-refractivity contribution in [1.82, 2.24) is 24.9 Å². The maximum atomic E-state index is 12.1. The molecule has 0 bridgehead atoms. The van der Waals surface area contributed by atoms with Crippen molar-refractivity contribution in [2.24, 2.45) is 13.0 Å². The molecule has 0 radical (unpaired) electrons. The molecule has 1 aliphatic heterocycles. The largest absolute Gasteiger partial charge is 0.356 e. The van der Waals surface area contributed by atoms with Gasteiger partial charge in [0.2, 0.25) is 5.91 Å². The Morgan fingerprint density at radius 2 is 2.30 bits per heavy atom. The highest BCUT2D eigenvalue weighted by atomic mass is 32.2. The lowest BCUT2D eigenvalue weighted by molar-refractivity contribution is -0.121. The molecule has 1 aromatic heterocycles. The smallest absolute Gasteiger partial charge is 0.259 e. The molecule has 3 N–H and O–H groups in total. The van der Waals surface area contributed by atoms with E-state index in [4.69, 9.17) is 0 Å². The summed E-state index contributed by atoms with van der Waals surface area (Å²) in [5.74, 6) is 0.931. The third-order valence-electron chi connectivity index (χ3n) is 3.99. The standard InChI is InChI=1S/C14H25N5O3S/c1-11-18-14(10-19(11)2)23(21,22)17-7-5-13(20)16-9-12-4-3-6-15-8-12/h10,12,15,17H,3-9H2,1-2H3,(H,16,20). The summed E-state index contributed by atoms with van der Waals surface area (Å²) >= 11 is 0. The molecule has 9 heteroatoms. The lowest BCUT2D eigenvalue weighted by Crippen LogP contribution is -2.39. The highest BCUT2D eigenvalue weighted by Crippen LogP contribution is 2.09. The van der Waals surface area contributed by atoms with Crippen LogP contribution in [0.15, 0.2) is 11.2 Å². The number of nitrogens with zero attached hydrogens (tertiary/aromatic N) is 2. The zero-order valence-corrected chi connectivity index (χ0v) is 14.4. The van der Waals surface area contributed by atoms with Gasteiger partial charge in [0.15, 0.2) is 5.03 Å². The Hall–Kier alpha value is -1.45. The number of hydrogen-bond donors (Lipinski definition) is 3. The van der Waals surface area contributed by atoms with Gasteiger partial charge >= 0.3 is 0 Å². The van der Waals surface area contributed by atoms with Crippen LogP contribution in [-0.4, -0.2) is 50.1 Å². The molecule has 1 fully saturated rings. The van der Waals surface area contributed by atoms with Crippen molar-refractivity contribution in [3.8, 4) is 0 Å².